The summed E-state index contributed by atoms with van der Waals surface area (Å²) in [7, 11) is 0. The molecule has 1 N–H and O–H groups in total. The molecule has 1 aliphatic rings. The number of carbonyl (C=O) groups is 1. The monoisotopic (exact) mass is 306 g/mol. The molecular formula is C17H26N2OS. The first-order chi connectivity index (χ1) is 10.2. The van der Waals surface area contributed by atoms with Crippen molar-refractivity contribution < 1.29 is 4.79 Å². The summed E-state index contributed by atoms with van der Waals surface area (Å²) < 4.78 is 0. The van der Waals surface area contributed by atoms with Gasteiger partial charge in [-0.25, -0.2) is 0 Å². The minimum atomic E-state index is -0.177. The van der Waals surface area contributed by atoms with Gasteiger partial charge in [0.15, 0.2) is 0 Å². The Labute approximate surface area is 132 Å². The molecule has 1 saturated heterocycles. The van der Waals surface area contributed by atoms with Gasteiger partial charge >= 0.3 is 0 Å². The third-order valence-corrected chi connectivity index (χ3v) is 4.82. The van der Waals surface area contributed by atoms with Gasteiger partial charge in [-0.2, -0.15) is 11.8 Å². The van der Waals surface area contributed by atoms with Gasteiger partial charge in [-0.1, -0.05) is 50.6 Å². The van der Waals surface area contributed by atoms with Crippen LogP contribution < -0.4 is 5.32 Å². The first kappa shape index (κ1) is 16.4. The summed E-state index contributed by atoms with van der Waals surface area (Å²) in [5.41, 5.74) is 1.07. The Bertz CT molecular complexity index is 451. The molecule has 1 amide bonds. The fourth-order valence-electron chi connectivity index (χ4n) is 2.96. The second-order valence-electron chi connectivity index (χ2n) is 5.87. The van der Waals surface area contributed by atoms with Crippen LogP contribution in [0, 0.1) is 5.92 Å². The van der Waals surface area contributed by atoms with Gasteiger partial charge in [0, 0.05) is 6.54 Å². The van der Waals surface area contributed by atoms with E-state index in [9.17, 15) is 4.79 Å². The van der Waals surface area contributed by atoms with E-state index in [2.05, 4.69) is 30.3 Å². The molecule has 1 aliphatic heterocycles. The molecule has 3 nitrogen and oxygen atoms in total. The van der Waals surface area contributed by atoms with E-state index < -0.39 is 0 Å². The van der Waals surface area contributed by atoms with Crippen molar-refractivity contribution in [3.8, 4) is 0 Å². The van der Waals surface area contributed by atoms with Crippen LogP contribution >= 0.6 is 11.8 Å². The average molecular weight is 306 g/mol. The standard InChI is InChI=1S/C17H26N2OS/c1-4-8-15-18-16(14-9-6-5-7-10-14)17(20)19(15)11-13(2)12-21-3/h5-7,9-10,13,15-16,18H,4,8,11-12H2,1-3H3. The Morgan fingerprint density at radius 2 is 2.05 bits per heavy atom. The Morgan fingerprint density at radius 3 is 2.67 bits per heavy atom. The Balaban J connectivity index is 2.12. The fraction of sp³-hybridized carbons (Fsp3) is 0.588. The number of nitrogens with one attached hydrogen (secondary N) is 1. The van der Waals surface area contributed by atoms with Crippen LogP contribution in [0.1, 0.15) is 38.3 Å². The van der Waals surface area contributed by atoms with E-state index in [0.29, 0.717) is 5.92 Å². The van der Waals surface area contributed by atoms with Crippen molar-refractivity contribution in [3.63, 3.8) is 0 Å². The molecule has 3 atom stereocenters. The SMILES string of the molecule is CCCC1NC(c2ccccc2)C(=O)N1CC(C)CSC. The van der Waals surface area contributed by atoms with Crippen LogP contribution in [0.5, 0.6) is 0 Å². The third-order valence-electron chi connectivity index (χ3n) is 3.92. The fourth-order valence-corrected chi connectivity index (χ4v) is 3.63. The number of amides is 1. The average Bonchev–Trinajstić information content (AvgIpc) is 2.78. The molecule has 1 aromatic rings. The van der Waals surface area contributed by atoms with Gasteiger partial charge in [-0.15, -0.1) is 0 Å². The molecule has 0 saturated carbocycles. The van der Waals surface area contributed by atoms with E-state index >= 15 is 0 Å². The maximum atomic E-state index is 12.8. The minimum Gasteiger partial charge on any atom is -0.325 e. The van der Waals surface area contributed by atoms with Crippen molar-refractivity contribution in [2.75, 3.05) is 18.6 Å². The van der Waals surface area contributed by atoms with Gasteiger partial charge in [0.1, 0.15) is 6.04 Å². The molecule has 0 spiro atoms. The molecule has 1 fully saturated rings. The number of carbonyl (C=O) groups excluding carboxylic acids is 1. The highest BCUT2D eigenvalue weighted by molar-refractivity contribution is 7.98. The first-order valence-corrected chi connectivity index (χ1v) is 9.17. The van der Waals surface area contributed by atoms with E-state index in [1.807, 2.05) is 42.1 Å². The van der Waals surface area contributed by atoms with Crippen LogP contribution in [0.25, 0.3) is 0 Å². The second-order valence-corrected chi connectivity index (χ2v) is 6.78. The van der Waals surface area contributed by atoms with Crippen molar-refractivity contribution in [1.82, 2.24) is 10.2 Å². The number of rotatable bonds is 7. The summed E-state index contributed by atoms with van der Waals surface area (Å²) in [6.07, 6.45) is 4.40. The lowest BCUT2D eigenvalue weighted by Gasteiger charge is -2.26. The summed E-state index contributed by atoms with van der Waals surface area (Å²) in [5, 5.41) is 3.53. The minimum absolute atomic E-state index is 0.177. The van der Waals surface area contributed by atoms with Crippen LogP contribution in [0.2, 0.25) is 0 Å². The Kier molecular flexibility index (Phi) is 6.12. The first-order valence-electron chi connectivity index (χ1n) is 7.77. The highest BCUT2D eigenvalue weighted by Gasteiger charge is 2.39. The van der Waals surface area contributed by atoms with Crippen molar-refractivity contribution in [1.29, 1.82) is 0 Å². The van der Waals surface area contributed by atoms with Crippen molar-refractivity contribution >= 4 is 17.7 Å². The number of nitrogens with zero attached hydrogens (tertiary/aromatic N) is 1. The molecule has 3 unspecified atom stereocenters. The highest BCUT2D eigenvalue weighted by Crippen LogP contribution is 2.27. The van der Waals surface area contributed by atoms with Gasteiger partial charge in [0.2, 0.25) is 5.91 Å². The molecule has 0 bridgehead atoms. The van der Waals surface area contributed by atoms with Gasteiger partial charge in [0.05, 0.1) is 6.17 Å². The predicted octanol–water partition coefficient (Wildman–Crippen LogP) is 3.28. The zero-order valence-corrected chi connectivity index (χ0v) is 14.0. The van der Waals surface area contributed by atoms with E-state index in [0.717, 1.165) is 30.7 Å². The van der Waals surface area contributed by atoms with E-state index in [4.69, 9.17) is 0 Å². The molecule has 0 radical (unpaired) electrons. The lowest BCUT2D eigenvalue weighted by Crippen LogP contribution is -2.40. The van der Waals surface area contributed by atoms with Gasteiger partial charge in [-0.05, 0) is 29.9 Å². The molecule has 1 aromatic carbocycles. The zero-order chi connectivity index (χ0) is 15.2. The molecule has 1 heterocycles. The van der Waals surface area contributed by atoms with Crippen LogP contribution in [-0.4, -0.2) is 35.5 Å². The van der Waals surface area contributed by atoms with Gasteiger partial charge in [-0.3, -0.25) is 10.1 Å². The summed E-state index contributed by atoms with van der Waals surface area (Å²) in [6.45, 7) is 5.24. The zero-order valence-electron chi connectivity index (χ0n) is 13.2. The normalized spacial score (nSPS) is 23.6. The molecule has 0 aromatic heterocycles. The summed E-state index contributed by atoms with van der Waals surface area (Å²) in [6, 6.07) is 9.88. The largest absolute Gasteiger partial charge is 0.325 e. The maximum Gasteiger partial charge on any atom is 0.245 e. The Hall–Kier alpha value is -1.00. The lowest BCUT2D eigenvalue weighted by atomic mass is 10.1. The number of hydrogen-bond donors (Lipinski definition) is 1. The second kappa shape index (κ2) is 7.85. The van der Waals surface area contributed by atoms with Crippen molar-refractivity contribution in [3.05, 3.63) is 35.9 Å². The molecular weight excluding hydrogens is 280 g/mol. The molecule has 21 heavy (non-hydrogen) atoms. The number of thioether (sulfide) groups is 1. The van der Waals surface area contributed by atoms with E-state index in [1.165, 1.54) is 0 Å². The molecule has 116 valence electrons. The number of hydrogen-bond acceptors (Lipinski definition) is 3. The van der Waals surface area contributed by atoms with E-state index in [1.54, 1.807) is 0 Å². The van der Waals surface area contributed by atoms with Crippen molar-refractivity contribution in [2.24, 2.45) is 5.92 Å². The summed E-state index contributed by atoms with van der Waals surface area (Å²) in [5.74, 6) is 1.85. The number of benzene rings is 1. The third kappa shape index (κ3) is 4.01. The smallest absolute Gasteiger partial charge is 0.245 e. The lowest BCUT2D eigenvalue weighted by molar-refractivity contribution is -0.130. The quantitative estimate of drug-likeness (QED) is 0.839. The summed E-state index contributed by atoms with van der Waals surface area (Å²) >= 11 is 1.85. The van der Waals surface area contributed by atoms with Gasteiger partial charge in [0.25, 0.3) is 0 Å². The molecule has 0 aliphatic carbocycles. The Morgan fingerprint density at radius 1 is 1.33 bits per heavy atom. The summed E-state index contributed by atoms with van der Waals surface area (Å²) in [4.78, 5) is 14.8. The molecule has 2 rings (SSSR count). The van der Waals surface area contributed by atoms with Gasteiger partial charge < -0.3 is 4.90 Å². The topological polar surface area (TPSA) is 32.3 Å². The van der Waals surface area contributed by atoms with Crippen LogP contribution in [-0.2, 0) is 4.79 Å². The van der Waals surface area contributed by atoms with Crippen LogP contribution in [0.3, 0.4) is 0 Å². The van der Waals surface area contributed by atoms with Crippen LogP contribution in [0.4, 0.5) is 0 Å². The van der Waals surface area contributed by atoms with Crippen LogP contribution in [0.15, 0.2) is 30.3 Å². The predicted molar refractivity (Wildman–Crippen MR) is 90.3 cm³/mol. The van der Waals surface area contributed by atoms with E-state index in [-0.39, 0.29) is 18.1 Å². The van der Waals surface area contributed by atoms with Crippen molar-refractivity contribution in [2.45, 2.75) is 38.9 Å². The highest BCUT2D eigenvalue weighted by atomic mass is 32.2. The molecule has 4 heteroatoms. The maximum absolute atomic E-state index is 12.8.